The average Bonchev–Trinajstić information content (AvgIpc) is 3.44. The summed E-state index contributed by atoms with van der Waals surface area (Å²) in [5, 5.41) is 4.52. The molecule has 1 aliphatic heterocycles. The van der Waals surface area contributed by atoms with Crippen molar-refractivity contribution >= 4 is 28.2 Å². The lowest BCUT2D eigenvalue weighted by Gasteiger charge is -2.37. The number of methoxy groups -OCH3 is 1. The summed E-state index contributed by atoms with van der Waals surface area (Å²) in [5.74, 6) is 1.39. The van der Waals surface area contributed by atoms with Crippen LogP contribution in [0, 0.1) is 6.92 Å². The third-order valence-electron chi connectivity index (χ3n) is 6.42. The molecular weight excluding hydrogens is 422 g/mol. The fraction of sp³-hybridized carbons (Fsp3) is 0.375. The van der Waals surface area contributed by atoms with E-state index in [4.69, 9.17) is 9.15 Å². The van der Waals surface area contributed by atoms with Crippen LogP contribution in [0.2, 0.25) is 0 Å². The van der Waals surface area contributed by atoms with Crippen molar-refractivity contribution in [1.29, 1.82) is 0 Å². The Bertz CT molecular complexity index is 1360. The number of anilines is 1. The van der Waals surface area contributed by atoms with E-state index in [1.54, 1.807) is 23.8 Å². The van der Waals surface area contributed by atoms with Crippen LogP contribution in [0.25, 0.3) is 16.6 Å². The van der Waals surface area contributed by atoms with E-state index < -0.39 is 6.04 Å². The highest BCUT2D eigenvalue weighted by molar-refractivity contribution is 5.83. The minimum atomic E-state index is -0.644. The molecule has 1 amide bonds. The fourth-order valence-electron chi connectivity index (χ4n) is 4.65. The maximum absolute atomic E-state index is 13.4. The summed E-state index contributed by atoms with van der Waals surface area (Å²) in [5.41, 5.74) is 2.71. The van der Waals surface area contributed by atoms with Crippen molar-refractivity contribution < 1.29 is 13.9 Å². The van der Waals surface area contributed by atoms with E-state index in [1.807, 2.05) is 49.1 Å². The van der Waals surface area contributed by atoms with Gasteiger partial charge in [0, 0.05) is 44.0 Å². The van der Waals surface area contributed by atoms with Crippen LogP contribution in [-0.2, 0) is 4.79 Å². The number of ether oxygens (including phenoxy) is 1. The molecule has 5 rings (SSSR count). The molecule has 0 unspecified atom stereocenters. The molecule has 0 spiro atoms. The number of aryl methyl sites for hydroxylation is 1. The van der Waals surface area contributed by atoms with Gasteiger partial charge in [0.15, 0.2) is 5.58 Å². The van der Waals surface area contributed by atoms with Crippen LogP contribution < -0.4 is 15.2 Å². The molecule has 4 aromatic rings. The smallest absolute Gasteiger partial charge is 0.291 e. The van der Waals surface area contributed by atoms with Crippen molar-refractivity contribution in [2.24, 2.45) is 0 Å². The summed E-state index contributed by atoms with van der Waals surface area (Å²) in [6.07, 6.45) is 2.07. The lowest BCUT2D eigenvalue weighted by Crippen LogP contribution is -2.51. The van der Waals surface area contributed by atoms with Crippen molar-refractivity contribution in [3.8, 4) is 5.75 Å². The average molecular weight is 450 g/mol. The van der Waals surface area contributed by atoms with E-state index in [9.17, 15) is 9.59 Å². The summed E-state index contributed by atoms with van der Waals surface area (Å²) in [6, 6.07) is 10.8. The molecule has 1 fully saturated rings. The quantitative estimate of drug-likeness (QED) is 0.466. The number of rotatable bonds is 5. The zero-order valence-corrected chi connectivity index (χ0v) is 19.0. The van der Waals surface area contributed by atoms with E-state index in [2.05, 4.69) is 10.00 Å². The van der Waals surface area contributed by atoms with E-state index in [0.717, 1.165) is 30.0 Å². The SMILES string of the molecule is CC[C@H](C(=O)N1CCN(c2ccc(OC)cc2)CC1)n1nc(C)n2c(cc3occc32)c1=O. The van der Waals surface area contributed by atoms with Gasteiger partial charge < -0.3 is 19.0 Å². The van der Waals surface area contributed by atoms with Crippen molar-refractivity contribution in [3.05, 3.63) is 58.8 Å². The predicted molar refractivity (Wildman–Crippen MR) is 125 cm³/mol. The fourth-order valence-corrected chi connectivity index (χ4v) is 4.65. The molecule has 0 N–H and O–H groups in total. The lowest BCUT2D eigenvalue weighted by molar-refractivity contribution is -0.135. The van der Waals surface area contributed by atoms with E-state index in [1.165, 1.54) is 4.68 Å². The number of fused-ring (bicyclic) bond motifs is 3. The van der Waals surface area contributed by atoms with E-state index >= 15 is 0 Å². The number of furan rings is 1. The molecule has 172 valence electrons. The van der Waals surface area contributed by atoms with Gasteiger partial charge in [0.2, 0.25) is 5.91 Å². The van der Waals surface area contributed by atoms with Crippen molar-refractivity contribution in [3.63, 3.8) is 0 Å². The zero-order valence-electron chi connectivity index (χ0n) is 19.0. The number of aromatic nitrogens is 3. The minimum absolute atomic E-state index is 0.0690. The van der Waals surface area contributed by atoms with Gasteiger partial charge in [0.1, 0.15) is 23.1 Å². The Labute approximate surface area is 190 Å². The Kier molecular flexibility index (Phi) is 5.32. The van der Waals surface area contributed by atoms with Crippen molar-refractivity contribution in [2.45, 2.75) is 26.3 Å². The normalized spacial score (nSPS) is 15.4. The standard InChI is InChI=1S/C24H27N5O4/c1-4-19(29-24(31)21-15-22-20(9-14-33-22)28(21)16(2)25-29)23(30)27-12-10-26(11-13-27)17-5-7-18(32-3)8-6-17/h5-9,14-15,19H,4,10-13H2,1-3H3/t19-/m1/s1. The van der Waals surface area contributed by atoms with Gasteiger partial charge in [-0.1, -0.05) is 6.92 Å². The second kappa shape index (κ2) is 8.31. The summed E-state index contributed by atoms with van der Waals surface area (Å²) in [6.45, 7) is 6.38. The summed E-state index contributed by atoms with van der Waals surface area (Å²) < 4.78 is 13.8. The predicted octanol–water partition coefficient (Wildman–Crippen LogP) is 2.86. The number of hydrogen-bond acceptors (Lipinski definition) is 6. The number of carbonyl (C=O) groups is 1. The van der Waals surface area contributed by atoms with E-state index in [0.29, 0.717) is 36.4 Å². The molecule has 1 aromatic carbocycles. The third kappa shape index (κ3) is 3.53. The topological polar surface area (TPSA) is 85.2 Å². The van der Waals surface area contributed by atoms with Crippen molar-refractivity contribution in [2.75, 3.05) is 38.2 Å². The maximum Gasteiger partial charge on any atom is 0.291 e. The molecule has 1 atom stereocenters. The highest BCUT2D eigenvalue weighted by atomic mass is 16.5. The lowest BCUT2D eigenvalue weighted by atomic mass is 10.1. The first-order valence-corrected chi connectivity index (χ1v) is 11.2. The van der Waals surface area contributed by atoms with Gasteiger partial charge in [0.25, 0.3) is 5.56 Å². The van der Waals surface area contributed by atoms with Gasteiger partial charge in [-0.3, -0.25) is 14.0 Å². The van der Waals surface area contributed by atoms with Gasteiger partial charge in [-0.25, -0.2) is 4.68 Å². The highest BCUT2D eigenvalue weighted by Crippen LogP contribution is 2.23. The van der Waals surface area contributed by atoms with Crippen LogP contribution in [0.5, 0.6) is 5.75 Å². The minimum Gasteiger partial charge on any atom is -0.497 e. The van der Waals surface area contributed by atoms with Gasteiger partial charge >= 0.3 is 0 Å². The Hall–Kier alpha value is -3.75. The Balaban J connectivity index is 1.37. The molecule has 3 aromatic heterocycles. The number of benzene rings is 1. The largest absolute Gasteiger partial charge is 0.497 e. The second-order valence-electron chi connectivity index (χ2n) is 8.27. The molecule has 0 radical (unpaired) electrons. The van der Waals surface area contributed by atoms with Crippen LogP contribution in [0.1, 0.15) is 25.2 Å². The number of hydrogen-bond donors (Lipinski definition) is 0. The number of amides is 1. The first kappa shape index (κ1) is 21.1. The van der Waals surface area contributed by atoms with Crippen LogP contribution in [0.3, 0.4) is 0 Å². The van der Waals surface area contributed by atoms with Crippen LogP contribution >= 0.6 is 0 Å². The monoisotopic (exact) mass is 449 g/mol. The van der Waals surface area contributed by atoms with Gasteiger partial charge in [-0.2, -0.15) is 5.10 Å². The molecule has 1 saturated heterocycles. The Morgan fingerprint density at radius 2 is 1.85 bits per heavy atom. The Morgan fingerprint density at radius 3 is 2.52 bits per heavy atom. The number of carbonyl (C=O) groups excluding carboxylic acids is 1. The molecule has 1 aliphatic rings. The molecule has 9 heteroatoms. The van der Waals surface area contributed by atoms with Gasteiger partial charge in [0.05, 0.1) is 18.9 Å². The zero-order chi connectivity index (χ0) is 23.1. The molecule has 33 heavy (non-hydrogen) atoms. The number of nitrogens with zero attached hydrogens (tertiary/aromatic N) is 5. The summed E-state index contributed by atoms with van der Waals surface area (Å²) >= 11 is 0. The first-order valence-electron chi connectivity index (χ1n) is 11.2. The summed E-state index contributed by atoms with van der Waals surface area (Å²) in [7, 11) is 1.65. The van der Waals surface area contributed by atoms with Crippen molar-refractivity contribution in [1.82, 2.24) is 19.1 Å². The Morgan fingerprint density at radius 1 is 1.12 bits per heavy atom. The van der Waals surface area contributed by atoms with Gasteiger partial charge in [-0.15, -0.1) is 0 Å². The molecule has 0 bridgehead atoms. The highest BCUT2D eigenvalue weighted by Gasteiger charge is 2.30. The second-order valence-corrected chi connectivity index (χ2v) is 8.27. The molecule has 4 heterocycles. The van der Waals surface area contributed by atoms with E-state index in [-0.39, 0.29) is 11.5 Å². The molecule has 0 saturated carbocycles. The third-order valence-corrected chi connectivity index (χ3v) is 6.42. The summed E-state index contributed by atoms with van der Waals surface area (Å²) in [4.78, 5) is 30.8. The van der Waals surface area contributed by atoms with Crippen LogP contribution in [0.15, 0.2) is 51.9 Å². The maximum atomic E-state index is 13.4. The molecule has 9 nitrogen and oxygen atoms in total. The number of piperazine rings is 1. The first-order chi connectivity index (χ1) is 16.0. The van der Waals surface area contributed by atoms with Gasteiger partial charge in [-0.05, 0) is 37.6 Å². The molecular formula is C24H27N5O4. The molecule has 0 aliphatic carbocycles. The van der Waals surface area contributed by atoms with Crippen LogP contribution in [0.4, 0.5) is 5.69 Å². The van der Waals surface area contributed by atoms with Crippen LogP contribution in [-0.4, -0.2) is 58.3 Å².